The number of rotatable bonds is 4. The summed E-state index contributed by atoms with van der Waals surface area (Å²) in [4.78, 5) is 0. The first kappa shape index (κ1) is 9.55. The number of nitrogens with two attached hydrogens (primary N) is 1. The smallest absolute Gasteiger partial charge is 0.0885 e. The van der Waals surface area contributed by atoms with Gasteiger partial charge in [-0.15, -0.1) is 11.3 Å². The number of anilines is 1. The van der Waals surface area contributed by atoms with E-state index in [1.807, 2.05) is 6.07 Å². The van der Waals surface area contributed by atoms with Crippen LogP contribution in [0, 0.1) is 5.92 Å². The first-order chi connectivity index (χ1) is 5.74. The lowest BCUT2D eigenvalue weighted by Gasteiger charge is -2.20. The van der Waals surface area contributed by atoms with Gasteiger partial charge in [-0.3, -0.25) is 0 Å². The average molecular weight is 184 g/mol. The van der Waals surface area contributed by atoms with E-state index < -0.39 is 0 Å². The van der Waals surface area contributed by atoms with Crippen LogP contribution >= 0.6 is 11.3 Å². The van der Waals surface area contributed by atoms with Crippen molar-refractivity contribution in [3.8, 4) is 0 Å². The SMILES string of the molecule is CC(C)C(CN)Nc1cccs1. The van der Waals surface area contributed by atoms with Gasteiger partial charge in [0.15, 0.2) is 0 Å². The van der Waals surface area contributed by atoms with Gasteiger partial charge in [0.2, 0.25) is 0 Å². The van der Waals surface area contributed by atoms with Crippen molar-refractivity contribution in [2.24, 2.45) is 11.7 Å². The Bertz CT molecular complexity index is 206. The third-order valence-electron chi connectivity index (χ3n) is 1.91. The molecule has 0 saturated carbocycles. The van der Waals surface area contributed by atoms with E-state index in [0.717, 1.165) is 0 Å². The molecule has 1 rings (SSSR count). The first-order valence-corrected chi connectivity index (χ1v) is 5.12. The topological polar surface area (TPSA) is 38.0 Å². The second-order valence-electron chi connectivity index (χ2n) is 3.21. The van der Waals surface area contributed by atoms with Crippen LogP contribution in [0.4, 0.5) is 5.00 Å². The fourth-order valence-corrected chi connectivity index (χ4v) is 1.72. The molecule has 1 aromatic heterocycles. The molecule has 12 heavy (non-hydrogen) atoms. The number of nitrogens with one attached hydrogen (secondary N) is 1. The molecule has 68 valence electrons. The van der Waals surface area contributed by atoms with Crippen molar-refractivity contribution in [3.63, 3.8) is 0 Å². The summed E-state index contributed by atoms with van der Waals surface area (Å²) in [5.41, 5.74) is 5.63. The van der Waals surface area contributed by atoms with Crippen molar-refractivity contribution in [3.05, 3.63) is 17.5 Å². The normalized spacial score (nSPS) is 13.3. The zero-order valence-corrected chi connectivity index (χ0v) is 8.40. The molecule has 0 fully saturated rings. The van der Waals surface area contributed by atoms with Crippen LogP contribution < -0.4 is 11.1 Å². The Labute approximate surface area is 77.8 Å². The fourth-order valence-electron chi connectivity index (χ4n) is 1.04. The zero-order valence-electron chi connectivity index (χ0n) is 7.58. The Morgan fingerprint density at radius 3 is 2.75 bits per heavy atom. The summed E-state index contributed by atoms with van der Waals surface area (Å²) in [6.45, 7) is 5.05. The molecule has 1 heterocycles. The first-order valence-electron chi connectivity index (χ1n) is 4.24. The summed E-state index contributed by atoms with van der Waals surface area (Å²) in [6, 6.07) is 4.51. The van der Waals surface area contributed by atoms with Crippen molar-refractivity contribution in [1.29, 1.82) is 0 Å². The minimum Gasteiger partial charge on any atom is -0.373 e. The Balaban J connectivity index is 2.48. The van der Waals surface area contributed by atoms with Crippen LogP contribution in [0.15, 0.2) is 17.5 Å². The maximum Gasteiger partial charge on any atom is 0.0885 e. The van der Waals surface area contributed by atoms with Crippen LogP contribution in [0.5, 0.6) is 0 Å². The summed E-state index contributed by atoms with van der Waals surface area (Å²) in [7, 11) is 0. The molecule has 3 N–H and O–H groups in total. The van der Waals surface area contributed by atoms with E-state index in [0.29, 0.717) is 18.5 Å². The Morgan fingerprint density at radius 2 is 2.33 bits per heavy atom. The van der Waals surface area contributed by atoms with Gasteiger partial charge >= 0.3 is 0 Å². The van der Waals surface area contributed by atoms with E-state index in [1.54, 1.807) is 11.3 Å². The van der Waals surface area contributed by atoms with Crippen molar-refractivity contribution < 1.29 is 0 Å². The maximum atomic E-state index is 5.63. The highest BCUT2D eigenvalue weighted by Gasteiger charge is 2.10. The van der Waals surface area contributed by atoms with Crippen molar-refractivity contribution in [2.75, 3.05) is 11.9 Å². The van der Waals surface area contributed by atoms with Crippen molar-refractivity contribution in [1.82, 2.24) is 0 Å². The van der Waals surface area contributed by atoms with Crippen LogP contribution in [-0.2, 0) is 0 Å². The second kappa shape index (κ2) is 4.48. The molecule has 0 amide bonds. The van der Waals surface area contributed by atoms with E-state index in [9.17, 15) is 0 Å². The van der Waals surface area contributed by atoms with E-state index in [-0.39, 0.29) is 0 Å². The molecule has 0 bridgehead atoms. The number of thiophene rings is 1. The van der Waals surface area contributed by atoms with E-state index in [4.69, 9.17) is 5.73 Å². The average Bonchev–Trinajstić information content (AvgIpc) is 2.51. The lowest BCUT2D eigenvalue weighted by atomic mass is 10.1. The quantitative estimate of drug-likeness (QED) is 0.752. The molecule has 1 unspecified atom stereocenters. The third-order valence-corrected chi connectivity index (χ3v) is 2.71. The van der Waals surface area contributed by atoms with Gasteiger partial charge in [-0.1, -0.05) is 13.8 Å². The molecule has 0 aliphatic heterocycles. The monoisotopic (exact) mass is 184 g/mol. The highest BCUT2D eigenvalue weighted by molar-refractivity contribution is 7.14. The molecule has 0 aliphatic rings. The predicted octanol–water partition coefficient (Wildman–Crippen LogP) is 2.14. The summed E-state index contributed by atoms with van der Waals surface area (Å²) < 4.78 is 0. The second-order valence-corrected chi connectivity index (χ2v) is 4.16. The molecule has 1 aromatic rings. The fraction of sp³-hybridized carbons (Fsp3) is 0.556. The summed E-state index contributed by atoms with van der Waals surface area (Å²) in [6.07, 6.45) is 0. The zero-order chi connectivity index (χ0) is 8.97. The Hall–Kier alpha value is -0.540. The van der Waals surface area contributed by atoms with Crippen LogP contribution in [0.3, 0.4) is 0 Å². The van der Waals surface area contributed by atoms with Crippen LogP contribution in [0.25, 0.3) is 0 Å². The standard InChI is InChI=1S/C9H16N2S/c1-7(2)8(6-10)11-9-4-3-5-12-9/h3-5,7-8,11H,6,10H2,1-2H3. The molecule has 0 radical (unpaired) electrons. The number of hydrogen-bond donors (Lipinski definition) is 2. The van der Waals surface area contributed by atoms with Gasteiger partial charge in [0.25, 0.3) is 0 Å². The largest absolute Gasteiger partial charge is 0.373 e. The molecule has 2 nitrogen and oxygen atoms in total. The van der Waals surface area contributed by atoms with Crippen molar-refractivity contribution in [2.45, 2.75) is 19.9 Å². The molecular formula is C9H16N2S. The van der Waals surface area contributed by atoms with Crippen LogP contribution in [0.2, 0.25) is 0 Å². The summed E-state index contributed by atoms with van der Waals surface area (Å²) in [5, 5.41) is 6.67. The molecule has 3 heteroatoms. The van der Waals surface area contributed by atoms with E-state index in [2.05, 4.69) is 30.6 Å². The van der Waals surface area contributed by atoms with Gasteiger partial charge in [-0.25, -0.2) is 0 Å². The highest BCUT2D eigenvalue weighted by Crippen LogP contribution is 2.17. The predicted molar refractivity (Wildman–Crippen MR) is 55.6 cm³/mol. The Morgan fingerprint density at radius 1 is 1.58 bits per heavy atom. The molecule has 0 aromatic carbocycles. The van der Waals surface area contributed by atoms with Crippen LogP contribution in [-0.4, -0.2) is 12.6 Å². The van der Waals surface area contributed by atoms with Gasteiger partial charge in [0.05, 0.1) is 5.00 Å². The molecular weight excluding hydrogens is 168 g/mol. The molecule has 0 saturated heterocycles. The summed E-state index contributed by atoms with van der Waals surface area (Å²) >= 11 is 1.72. The molecule has 0 spiro atoms. The Kier molecular flexibility index (Phi) is 3.56. The minimum atomic E-state index is 0.392. The van der Waals surface area contributed by atoms with Gasteiger partial charge < -0.3 is 11.1 Å². The lowest BCUT2D eigenvalue weighted by molar-refractivity contribution is 0.532. The van der Waals surface area contributed by atoms with Gasteiger partial charge in [-0.2, -0.15) is 0 Å². The number of hydrogen-bond acceptors (Lipinski definition) is 3. The highest BCUT2D eigenvalue weighted by atomic mass is 32.1. The summed E-state index contributed by atoms with van der Waals surface area (Å²) in [5.74, 6) is 0.581. The van der Waals surface area contributed by atoms with Gasteiger partial charge in [0.1, 0.15) is 0 Å². The third kappa shape index (κ3) is 2.50. The minimum absolute atomic E-state index is 0.392. The molecule has 1 atom stereocenters. The van der Waals surface area contributed by atoms with Crippen LogP contribution in [0.1, 0.15) is 13.8 Å². The van der Waals surface area contributed by atoms with E-state index >= 15 is 0 Å². The van der Waals surface area contributed by atoms with Gasteiger partial charge in [0, 0.05) is 12.6 Å². The van der Waals surface area contributed by atoms with Crippen molar-refractivity contribution >= 4 is 16.3 Å². The maximum absolute atomic E-state index is 5.63. The lowest BCUT2D eigenvalue weighted by Crippen LogP contribution is -2.33. The molecule has 0 aliphatic carbocycles. The van der Waals surface area contributed by atoms with Gasteiger partial charge in [-0.05, 0) is 23.4 Å². The van der Waals surface area contributed by atoms with E-state index in [1.165, 1.54) is 5.00 Å².